The first-order valence-corrected chi connectivity index (χ1v) is 21.5. The van der Waals surface area contributed by atoms with Crippen LogP contribution >= 0.6 is 0 Å². The molecule has 0 spiro atoms. The zero-order chi connectivity index (χ0) is 34.8. The van der Waals surface area contributed by atoms with Gasteiger partial charge in [0.25, 0.3) is 0 Å². The summed E-state index contributed by atoms with van der Waals surface area (Å²) >= 11 is 0. The SMILES string of the molecule is CCCCCCCC/C=C/CCCCCCC[N+](CCCCCCC/C=C/CCCCCCCC)(Cc1ccccc1)Cc1ccccc1. The van der Waals surface area contributed by atoms with Crippen LogP contribution in [0.1, 0.15) is 192 Å². The molecule has 0 aliphatic heterocycles. The van der Waals surface area contributed by atoms with E-state index in [1.54, 1.807) is 0 Å². The van der Waals surface area contributed by atoms with E-state index in [2.05, 4.69) is 98.8 Å². The number of rotatable bonds is 34. The number of allylic oxidation sites excluding steroid dienone is 4. The second kappa shape index (κ2) is 31.8. The third-order valence-corrected chi connectivity index (χ3v) is 10.5. The Hall–Kier alpha value is -2.12. The number of benzene rings is 2. The van der Waals surface area contributed by atoms with Crippen LogP contribution in [0.3, 0.4) is 0 Å². The van der Waals surface area contributed by atoms with E-state index < -0.39 is 0 Å². The lowest BCUT2D eigenvalue weighted by Crippen LogP contribution is -2.48. The maximum Gasteiger partial charge on any atom is 0.105 e. The van der Waals surface area contributed by atoms with Crippen LogP contribution in [0.2, 0.25) is 0 Å². The summed E-state index contributed by atoms with van der Waals surface area (Å²) in [6.07, 6.45) is 45.4. The first kappa shape index (κ1) is 43.0. The van der Waals surface area contributed by atoms with Gasteiger partial charge in [-0.05, 0) is 77.0 Å². The van der Waals surface area contributed by atoms with Gasteiger partial charge in [0.1, 0.15) is 13.1 Å². The molecule has 276 valence electrons. The lowest BCUT2D eigenvalue weighted by Gasteiger charge is -2.39. The van der Waals surface area contributed by atoms with Crippen molar-refractivity contribution in [1.82, 2.24) is 0 Å². The zero-order valence-corrected chi connectivity index (χ0v) is 32.7. The van der Waals surface area contributed by atoms with Crippen molar-refractivity contribution in [3.8, 4) is 0 Å². The largest absolute Gasteiger partial charge is 0.316 e. The minimum absolute atomic E-state index is 1.16. The predicted molar refractivity (Wildman–Crippen MR) is 220 cm³/mol. The molecule has 0 amide bonds. The smallest absolute Gasteiger partial charge is 0.105 e. The Morgan fingerprint density at radius 1 is 0.347 bits per heavy atom. The summed E-state index contributed by atoms with van der Waals surface area (Å²) in [5.74, 6) is 0. The number of quaternary nitrogens is 1. The summed E-state index contributed by atoms with van der Waals surface area (Å²) in [6.45, 7) is 9.50. The van der Waals surface area contributed by atoms with Gasteiger partial charge in [-0.15, -0.1) is 0 Å². The van der Waals surface area contributed by atoms with Crippen LogP contribution in [-0.2, 0) is 13.1 Å². The normalized spacial score (nSPS) is 12.1. The molecule has 0 aliphatic rings. The summed E-state index contributed by atoms with van der Waals surface area (Å²) in [5, 5.41) is 0. The highest BCUT2D eigenvalue weighted by molar-refractivity contribution is 5.15. The standard InChI is InChI=1S/C48H80N/c1-3-5-7-9-11-13-15-17-19-21-23-25-27-29-37-43-49(45-47-39-33-31-34-40-47,46-48-41-35-32-36-42-48)44-38-30-28-26-24-22-20-18-16-14-12-10-8-6-4-2/h17-20,31-36,39-42H,3-16,21-30,37-38,43-46H2,1-2H3/q+1/b19-17+,20-18+. The monoisotopic (exact) mass is 671 g/mol. The molecule has 2 aromatic rings. The van der Waals surface area contributed by atoms with Crippen LogP contribution in [0.25, 0.3) is 0 Å². The van der Waals surface area contributed by atoms with Crippen molar-refractivity contribution in [2.24, 2.45) is 0 Å². The molecule has 0 fully saturated rings. The summed E-state index contributed by atoms with van der Waals surface area (Å²) in [6, 6.07) is 22.7. The van der Waals surface area contributed by atoms with E-state index in [1.807, 2.05) is 0 Å². The van der Waals surface area contributed by atoms with Crippen LogP contribution in [-0.4, -0.2) is 17.6 Å². The molecule has 0 bridgehead atoms. The Kier molecular flexibility index (Phi) is 28.0. The molecule has 0 saturated carbocycles. The molecule has 0 radical (unpaired) electrons. The Morgan fingerprint density at radius 3 is 0.959 bits per heavy atom. The van der Waals surface area contributed by atoms with Crippen molar-refractivity contribution >= 4 is 0 Å². The molecule has 1 heteroatoms. The van der Waals surface area contributed by atoms with E-state index in [-0.39, 0.29) is 0 Å². The van der Waals surface area contributed by atoms with Crippen molar-refractivity contribution in [2.75, 3.05) is 13.1 Å². The van der Waals surface area contributed by atoms with E-state index in [4.69, 9.17) is 0 Å². The average Bonchev–Trinajstić information content (AvgIpc) is 3.12. The van der Waals surface area contributed by atoms with Gasteiger partial charge in [0.2, 0.25) is 0 Å². The van der Waals surface area contributed by atoms with Gasteiger partial charge in [-0.25, -0.2) is 0 Å². The topological polar surface area (TPSA) is 0 Å². The molecule has 0 N–H and O–H groups in total. The molecule has 0 aliphatic carbocycles. The molecule has 0 saturated heterocycles. The lowest BCUT2D eigenvalue weighted by atomic mass is 10.0. The number of hydrogen-bond acceptors (Lipinski definition) is 0. The lowest BCUT2D eigenvalue weighted by molar-refractivity contribution is -0.954. The second-order valence-corrected chi connectivity index (χ2v) is 15.2. The third kappa shape index (κ3) is 24.6. The Morgan fingerprint density at radius 2 is 0.633 bits per heavy atom. The van der Waals surface area contributed by atoms with Gasteiger partial charge in [-0.1, -0.05) is 189 Å². The van der Waals surface area contributed by atoms with E-state index in [0.717, 1.165) is 13.1 Å². The summed E-state index contributed by atoms with van der Waals surface area (Å²) < 4.78 is 1.20. The van der Waals surface area contributed by atoms with Gasteiger partial charge in [-0.2, -0.15) is 0 Å². The van der Waals surface area contributed by atoms with Gasteiger partial charge in [0.15, 0.2) is 0 Å². The van der Waals surface area contributed by atoms with Crippen molar-refractivity contribution in [3.05, 3.63) is 96.1 Å². The highest BCUT2D eigenvalue weighted by atomic mass is 15.3. The van der Waals surface area contributed by atoms with Crippen LogP contribution in [0.15, 0.2) is 85.0 Å². The van der Waals surface area contributed by atoms with Crippen molar-refractivity contribution in [2.45, 2.75) is 194 Å². The molecule has 0 unspecified atom stereocenters. The number of hydrogen-bond donors (Lipinski definition) is 0. The van der Waals surface area contributed by atoms with Crippen molar-refractivity contribution < 1.29 is 4.48 Å². The maximum atomic E-state index is 2.46. The fourth-order valence-corrected chi connectivity index (χ4v) is 7.46. The minimum atomic E-state index is 1.16. The Balaban J connectivity index is 1.75. The van der Waals surface area contributed by atoms with Gasteiger partial charge in [-0.3, -0.25) is 0 Å². The Bertz CT molecular complexity index is 922. The van der Waals surface area contributed by atoms with Crippen molar-refractivity contribution in [3.63, 3.8) is 0 Å². The van der Waals surface area contributed by atoms with E-state index in [9.17, 15) is 0 Å². The van der Waals surface area contributed by atoms with Crippen LogP contribution in [0.4, 0.5) is 0 Å². The minimum Gasteiger partial charge on any atom is -0.316 e. The van der Waals surface area contributed by atoms with Gasteiger partial charge in [0, 0.05) is 11.1 Å². The van der Waals surface area contributed by atoms with Gasteiger partial charge >= 0.3 is 0 Å². The molecule has 0 heterocycles. The fraction of sp³-hybridized carbons (Fsp3) is 0.667. The molecule has 1 nitrogen and oxygen atoms in total. The maximum absolute atomic E-state index is 2.46. The average molecular weight is 671 g/mol. The molecule has 0 aromatic heterocycles. The van der Waals surface area contributed by atoms with Crippen molar-refractivity contribution in [1.29, 1.82) is 0 Å². The van der Waals surface area contributed by atoms with E-state index in [1.165, 1.54) is 196 Å². The highest BCUT2D eigenvalue weighted by Gasteiger charge is 2.27. The molecule has 2 aromatic carbocycles. The van der Waals surface area contributed by atoms with E-state index >= 15 is 0 Å². The Labute approximate surface area is 306 Å². The predicted octanol–water partition coefficient (Wildman–Crippen LogP) is 15.5. The molecular formula is C48H80N+. The molecule has 49 heavy (non-hydrogen) atoms. The van der Waals surface area contributed by atoms with E-state index in [0.29, 0.717) is 0 Å². The summed E-state index contributed by atoms with van der Waals surface area (Å²) in [7, 11) is 0. The van der Waals surface area contributed by atoms with Gasteiger partial charge in [0.05, 0.1) is 13.1 Å². The third-order valence-electron chi connectivity index (χ3n) is 10.5. The van der Waals surface area contributed by atoms with Crippen LogP contribution in [0.5, 0.6) is 0 Å². The van der Waals surface area contributed by atoms with Crippen LogP contribution in [0, 0.1) is 0 Å². The first-order chi connectivity index (χ1) is 24.3. The molecular weight excluding hydrogens is 591 g/mol. The zero-order valence-electron chi connectivity index (χ0n) is 32.7. The second-order valence-electron chi connectivity index (χ2n) is 15.2. The first-order valence-electron chi connectivity index (χ1n) is 21.5. The molecule has 0 atom stereocenters. The van der Waals surface area contributed by atoms with Crippen LogP contribution < -0.4 is 0 Å². The highest BCUT2D eigenvalue weighted by Crippen LogP contribution is 2.24. The number of unbranched alkanes of at least 4 members (excludes halogenated alkanes) is 22. The quantitative estimate of drug-likeness (QED) is 0.0395. The molecule has 2 rings (SSSR count). The van der Waals surface area contributed by atoms with Gasteiger partial charge < -0.3 is 4.48 Å². The summed E-state index contributed by atoms with van der Waals surface area (Å²) in [5.41, 5.74) is 3.00. The number of nitrogens with zero attached hydrogens (tertiary/aromatic N) is 1. The summed E-state index contributed by atoms with van der Waals surface area (Å²) in [4.78, 5) is 0. The fourth-order valence-electron chi connectivity index (χ4n) is 7.46.